The Morgan fingerprint density at radius 3 is 2.50 bits per heavy atom. The summed E-state index contributed by atoms with van der Waals surface area (Å²) in [6, 6.07) is 5.55. The summed E-state index contributed by atoms with van der Waals surface area (Å²) in [6.07, 6.45) is 0. The highest BCUT2D eigenvalue weighted by Crippen LogP contribution is 2.24. The summed E-state index contributed by atoms with van der Waals surface area (Å²) < 4.78 is 13.2. The molecule has 2 aromatic rings. The van der Waals surface area contributed by atoms with Gasteiger partial charge in [-0.1, -0.05) is 12.1 Å². The van der Waals surface area contributed by atoms with Crippen LogP contribution in [0.5, 0.6) is 0 Å². The number of hydrogen-bond acceptors (Lipinski definition) is 3. The minimum atomic E-state index is -0.310. The Morgan fingerprint density at radius 2 is 1.91 bits per heavy atom. The van der Waals surface area contributed by atoms with Crippen molar-refractivity contribution in [2.45, 2.75) is 39.8 Å². The summed E-state index contributed by atoms with van der Waals surface area (Å²) in [5.74, 6) is -0.310. The zero-order valence-electron chi connectivity index (χ0n) is 13.1. The summed E-state index contributed by atoms with van der Waals surface area (Å²) in [5.41, 5.74) is 1.67. The molecule has 4 nitrogen and oxygen atoms in total. The first-order valence-corrected chi connectivity index (χ1v) is 7.95. The van der Waals surface area contributed by atoms with Crippen LogP contribution in [0.2, 0.25) is 0 Å². The molecule has 0 aliphatic rings. The second-order valence-corrected chi connectivity index (χ2v) is 6.53. The van der Waals surface area contributed by atoms with Gasteiger partial charge < -0.3 is 10.6 Å². The summed E-state index contributed by atoms with van der Waals surface area (Å²) >= 11 is 1.58. The third-order valence-electron chi connectivity index (χ3n) is 3.38. The average molecular weight is 321 g/mol. The van der Waals surface area contributed by atoms with Crippen LogP contribution in [-0.2, 0) is 0 Å². The van der Waals surface area contributed by atoms with E-state index in [-0.39, 0.29) is 23.9 Å². The van der Waals surface area contributed by atoms with E-state index < -0.39 is 0 Å². The number of hydrogen-bond donors (Lipinski definition) is 2. The van der Waals surface area contributed by atoms with Crippen LogP contribution in [0.25, 0.3) is 0 Å². The Labute approximate surface area is 133 Å². The summed E-state index contributed by atoms with van der Waals surface area (Å²) in [4.78, 5) is 17.5. The molecule has 2 unspecified atom stereocenters. The van der Waals surface area contributed by atoms with Gasteiger partial charge in [-0.3, -0.25) is 0 Å². The van der Waals surface area contributed by atoms with E-state index in [1.165, 1.54) is 12.1 Å². The standard InChI is InChI=1S/C16H20FN3OS/c1-9(13-6-5-7-14(17)8-13)19-16(21)20-11(3)15-10(2)18-12(4)22-15/h5-9,11H,1-4H3,(H2,19,20,21). The number of carbonyl (C=O) groups excluding carboxylic acids is 1. The maximum atomic E-state index is 13.2. The normalized spacial score (nSPS) is 13.5. The van der Waals surface area contributed by atoms with Crippen LogP contribution < -0.4 is 10.6 Å². The Morgan fingerprint density at radius 1 is 1.23 bits per heavy atom. The highest BCUT2D eigenvalue weighted by Gasteiger charge is 2.17. The largest absolute Gasteiger partial charge is 0.332 e. The molecule has 0 aliphatic heterocycles. The predicted octanol–water partition coefficient (Wildman–Crippen LogP) is 4.02. The van der Waals surface area contributed by atoms with E-state index >= 15 is 0 Å². The van der Waals surface area contributed by atoms with Gasteiger partial charge in [-0.05, 0) is 45.4 Å². The van der Waals surface area contributed by atoms with Crippen molar-refractivity contribution in [3.8, 4) is 0 Å². The number of aromatic nitrogens is 1. The van der Waals surface area contributed by atoms with Crippen LogP contribution in [0.4, 0.5) is 9.18 Å². The van der Waals surface area contributed by atoms with Crippen LogP contribution in [0.15, 0.2) is 24.3 Å². The monoisotopic (exact) mass is 321 g/mol. The minimum absolute atomic E-state index is 0.120. The van der Waals surface area contributed by atoms with Crippen molar-refractivity contribution in [1.82, 2.24) is 15.6 Å². The average Bonchev–Trinajstić information content (AvgIpc) is 2.77. The zero-order valence-corrected chi connectivity index (χ0v) is 13.9. The molecular weight excluding hydrogens is 301 g/mol. The molecular formula is C16H20FN3OS. The van der Waals surface area contributed by atoms with Gasteiger partial charge in [-0.25, -0.2) is 14.2 Å². The molecule has 6 heteroatoms. The van der Waals surface area contributed by atoms with Crippen molar-refractivity contribution in [3.63, 3.8) is 0 Å². The maximum Gasteiger partial charge on any atom is 0.315 e. The molecule has 0 saturated carbocycles. The highest BCUT2D eigenvalue weighted by atomic mass is 32.1. The number of carbonyl (C=O) groups is 1. The van der Waals surface area contributed by atoms with Gasteiger partial charge in [0.2, 0.25) is 0 Å². The number of urea groups is 1. The number of halogens is 1. The van der Waals surface area contributed by atoms with E-state index in [1.807, 2.05) is 27.7 Å². The number of benzene rings is 1. The molecule has 2 amide bonds. The Bertz CT molecular complexity index is 671. The van der Waals surface area contributed by atoms with Crippen LogP contribution in [-0.4, -0.2) is 11.0 Å². The van der Waals surface area contributed by atoms with Crippen molar-refractivity contribution < 1.29 is 9.18 Å². The third kappa shape index (κ3) is 4.04. The quantitative estimate of drug-likeness (QED) is 0.893. The van der Waals surface area contributed by atoms with Gasteiger partial charge in [0.05, 0.1) is 22.8 Å². The maximum absolute atomic E-state index is 13.2. The van der Waals surface area contributed by atoms with Gasteiger partial charge in [0.25, 0.3) is 0 Å². The Balaban J connectivity index is 1.96. The lowest BCUT2D eigenvalue weighted by molar-refractivity contribution is 0.235. The second kappa shape index (κ2) is 6.87. The molecule has 2 rings (SSSR count). The van der Waals surface area contributed by atoms with Crippen molar-refractivity contribution in [2.24, 2.45) is 0 Å². The fourth-order valence-electron chi connectivity index (χ4n) is 2.31. The molecule has 118 valence electrons. The van der Waals surface area contributed by atoms with E-state index in [1.54, 1.807) is 23.5 Å². The lowest BCUT2D eigenvalue weighted by Gasteiger charge is -2.18. The lowest BCUT2D eigenvalue weighted by Crippen LogP contribution is -2.38. The van der Waals surface area contributed by atoms with Crippen LogP contribution in [0.1, 0.15) is 47.1 Å². The van der Waals surface area contributed by atoms with Gasteiger partial charge in [0.15, 0.2) is 0 Å². The van der Waals surface area contributed by atoms with Gasteiger partial charge >= 0.3 is 6.03 Å². The summed E-state index contributed by atoms with van der Waals surface area (Å²) in [5, 5.41) is 6.69. The summed E-state index contributed by atoms with van der Waals surface area (Å²) in [6.45, 7) is 7.62. The number of nitrogens with one attached hydrogen (secondary N) is 2. The van der Waals surface area contributed by atoms with Gasteiger partial charge in [-0.2, -0.15) is 0 Å². The van der Waals surface area contributed by atoms with E-state index in [2.05, 4.69) is 15.6 Å². The fourth-order valence-corrected chi connectivity index (χ4v) is 3.24. The Kier molecular flexibility index (Phi) is 5.13. The molecule has 1 aromatic heterocycles. The first kappa shape index (κ1) is 16.4. The zero-order chi connectivity index (χ0) is 16.3. The number of aryl methyl sites for hydroxylation is 2. The fraction of sp³-hybridized carbons (Fsp3) is 0.375. The van der Waals surface area contributed by atoms with E-state index in [0.717, 1.165) is 21.1 Å². The number of amides is 2. The molecule has 0 aliphatic carbocycles. The first-order valence-electron chi connectivity index (χ1n) is 7.13. The molecule has 0 fully saturated rings. The van der Waals surface area contributed by atoms with E-state index in [9.17, 15) is 9.18 Å². The van der Waals surface area contributed by atoms with Gasteiger partial charge in [0, 0.05) is 4.88 Å². The number of nitrogens with zero attached hydrogens (tertiary/aromatic N) is 1. The van der Waals surface area contributed by atoms with Crippen LogP contribution in [0.3, 0.4) is 0 Å². The van der Waals surface area contributed by atoms with E-state index in [4.69, 9.17) is 0 Å². The minimum Gasteiger partial charge on any atom is -0.332 e. The molecule has 2 N–H and O–H groups in total. The lowest BCUT2D eigenvalue weighted by atomic mass is 10.1. The molecule has 0 spiro atoms. The molecule has 0 radical (unpaired) electrons. The molecule has 22 heavy (non-hydrogen) atoms. The van der Waals surface area contributed by atoms with Gasteiger partial charge in [-0.15, -0.1) is 11.3 Å². The van der Waals surface area contributed by atoms with Crippen molar-refractivity contribution in [3.05, 3.63) is 51.2 Å². The predicted molar refractivity (Wildman–Crippen MR) is 86.5 cm³/mol. The number of thiazole rings is 1. The van der Waals surface area contributed by atoms with Crippen molar-refractivity contribution >= 4 is 17.4 Å². The molecule has 0 bridgehead atoms. The Hall–Kier alpha value is -1.95. The molecule has 0 saturated heterocycles. The SMILES string of the molecule is Cc1nc(C)c(C(C)NC(=O)NC(C)c2cccc(F)c2)s1. The van der Waals surface area contributed by atoms with Crippen LogP contribution in [0, 0.1) is 19.7 Å². The van der Waals surface area contributed by atoms with Crippen LogP contribution >= 0.6 is 11.3 Å². The van der Waals surface area contributed by atoms with Crippen molar-refractivity contribution in [1.29, 1.82) is 0 Å². The number of rotatable bonds is 4. The molecule has 2 atom stereocenters. The van der Waals surface area contributed by atoms with E-state index in [0.29, 0.717) is 0 Å². The highest BCUT2D eigenvalue weighted by molar-refractivity contribution is 7.11. The van der Waals surface area contributed by atoms with Crippen molar-refractivity contribution in [2.75, 3.05) is 0 Å². The summed E-state index contributed by atoms with van der Waals surface area (Å²) in [7, 11) is 0. The van der Waals surface area contributed by atoms with Gasteiger partial charge in [0.1, 0.15) is 5.82 Å². The third-order valence-corrected chi connectivity index (χ3v) is 4.63. The second-order valence-electron chi connectivity index (χ2n) is 5.30. The smallest absolute Gasteiger partial charge is 0.315 e. The molecule has 1 heterocycles. The topological polar surface area (TPSA) is 54.0 Å². The molecule has 1 aromatic carbocycles. The first-order chi connectivity index (χ1) is 10.4.